The Labute approximate surface area is 214 Å². The SMILES string of the molecule is CCNC(=NCc1ccccc1CN(C)Cc1ccco1)NC1CCN(CC(N)=O)CC1.I. The molecule has 0 saturated carbocycles. The van der Waals surface area contributed by atoms with Gasteiger partial charge in [0, 0.05) is 32.2 Å². The molecule has 1 aliphatic heterocycles. The summed E-state index contributed by atoms with van der Waals surface area (Å²) in [5.74, 6) is 1.53. The number of amides is 1. The standard InChI is InChI=1S/C24H36N6O2.HI/c1-3-26-24(28-21-10-12-30(13-11-21)18-23(25)31)27-15-19-7-4-5-8-20(19)16-29(2)17-22-9-6-14-32-22;/h4-9,14,21H,3,10-13,15-18H2,1-2H3,(H2,25,31)(H2,26,27,28);1H. The molecule has 1 saturated heterocycles. The van der Waals surface area contributed by atoms with Crippen molar-refractivity contribution in [3.8, 4) is 0 Å². The van der Waals surface area contributed by atoms with Gasteiger partial charge in [0.2, 0.25) is 5.91 Å². The van der Waals surface area contributed by atoms with Gasteiger partial charge in [0.25, 0.3) is 0 Å². The first kappa shape index (κ1) is 27.1. The number of benzene rings is 1. The minimum atomic E-state index is -0.264. The summed E-state index contributed by atoms with van der Waals surface area (Å²) in [6.45, 7) is 7.16. The molecule has 182 valence electrons. The highest BCUT2D eigenvalue weighted by Crippen LogP contribution is 2.15. The topological polar surface area (TPSA) is 99.1 Å². The summed E-state index contributed by atoms with van der Waals surface area (Å²) in [6.07, 6.45) is 3.64. The minimum absolute atomic E-state index is 0. The van der Waals surface area contributed by atoms with Crippen LogP contribution in [0.25, 0.3) is 0 Å². The summed E-state index contributed by atoms with van der Waals surface area (Å²) < 4.78 is 5.47. The second-order valence-corrected chi connectivity index (χ2v) is 8.38. The van der Waals surface area contributed by atoms with Gasteiger partial charge >= 0.3 is 0 Å². The Hall–Kier alpha value is -2.11. The first-order valence-corrected chi connectivity index (χ1v) is 11.4. The smallest absolute Gasteiger partial charge is 0.231 e. The number of carbonyl (C=O) groups is 1. The second kappa shape index (κ2) is 14.2. The maximum atomic E-state index is 11.1. The molecule has 1 fully saturated rings. The average Bonchev–Trinajstić information content (AvgIpc) is 3.27. The van der Waals surface area contributed by atoms with Crippen LogP contribution in [0.4, 0.5) is 0 Å². The molecule has 1 amide bonds. The molecule has 2 heterocycles. The predicted molar refractivity (Wildman–Crippen MR) is 142 cm³/mol. The van der Waals surface area contributed by atoms with Crippen LogP contribution >= 0.6 is 24.0 Å². The van der Waals surface area contributed by atoms with Crippen LogP contribution in [-0.4, -0.2) is 60.9 Å². The lowest BCUT2D eigenvalue weighted by Crippen LogP contribution is -2.49. The first-order chi connectivity index (χ1) is 15.5. The van der Waals surface area contributed by atoms with Crippen LogP contribution < -0.4 is 16.4 Å². The monoisotopic (exact) mass is 568 g/mol. The van der Waals surface area contributed by atoms with Crippen molar-refractivity contribution in [2.24, 2.45) is 10.7 Å². The Kier molecular flexibility index (Phi) is 11.7. The third-order valence-electron chi connectivity index (χ3n) is 5.62. The maximum Gasteiger partial charge on any atom is 0.231 e. The fourth-order valence-electron chi connectivity index (χ4n) is 4.01. The zero-order valence-electron chi connectivity index (χ0n) is 19.6. The lowest BCUT2D eigenvalue weighted by Gasteiger charge is -2.32. The first-order valence-electron chi connectivity index (χ1n) is 11.4. The Morgan fingerprint density at radius 2 is 1.91 bits per heavy atom. The largest absolute Gasteiger partial charge is 0.468 e. The number of carbonyl (C=O) groups excluding carboxylic acids is 1. The number of halogens is 1. The number of primary amides is 1. The van der Waals surface area contributed by atoms with Gasteiger partial charge in [-0.25, -0.2) is 4.99 Å². The normalized spacial score (nSPS) is 15.3. The van der Waals surface area contributed by atoms with Crippen LogP contribution in [0.2, 0.25) is 0 Å². The third kappa shape index (κ3) is 9.34. The quantitative estimate of drug-likeness (QED) is 0.232. The molecule has 4 N–H and O–H groups in total. The maximum absolute atomic E-state index is 11.1. The lowest BCUT2D eigenvalue weighted by atomic mass is 10.1. The van der Waals surface area contributed by atoms with Crippen molar-refractivity contribution in [1.82, 2.24) is 20.4 Å². The van der Waals surface area contributed by atoms with Crippen molar-refractivity contribution >= 4 is 35.8 Å². The molecule has 0 unspecified atom stereocenters. The van der Waals surface area contributed by atoms with Crippen molar-refractivity contribution in [3.05, 3.63) is 59.5 Å². The van der Waals surface area contributed by atoms with E-state index in [0.29, 0.717) is 19.1 Å². The summed E-state index contributed by atoms with van der Waals surface area (Å²) in [4.78, 5) is 20.3. The number of likely N-dealkylation sites (tertiary alicyclic amines) is 1. The van der Waals surface area contributed by atoms with Gasteiger partial charge in [-0.1, -0.05) is 24.3 Å². The molecule has 1 aromatic heterocycles. The number of guanidine groups is 1. The number of aliphatic imine (C=N–C) groups is 1. The summed E-state index contributed by atoms with van der Waals surface area (Å²) in [5.41, 5.74) is 7.80. The van der Waals surface area contributed by atoms with Crippen LogP contribution in [0.3, 0.4) is 0 Å². The highest BCUT2D eigenvalue weighted by molar-refractivity contribution is 14.0. The van der Waals surface area contributed by atoms with E-state index in [2.05, 4.69) is 58.7 Å². The molecular weight excluding hydrogens is 531 g/mol. The van der Waals surface area contributed by atoms with Gasteiger partial charge in [-0.2, -0.15) is 0 Å². The van der Waals surface area contributed by atoms with E-state index in [4.69, 9.17) is 15.1 Å². The number of hydrogen-bond donors (Lipinski definition) is 3. The molecule has 1 aliphatic rings. The zero-order chi connectivity index (χ0) is 22.8. The number of furan rings is 1. The number of nitrogens with one attached hydrogen (secondary N) is 2. The van der Waals surface area contributed by atoms with Crippen molar-refractivity contribution < 1.29 is 9.21 Å². The summed E-state index contributed by atoms with van der Waals surface area (Å²) in [5, 5.41) is 6.93. The highest BCUT2D eigenvalue weighted by atomic mass is 127. The van der Waals surface area contributed by atoms with E-state index < -0.39 is 0 Å². The second-order valence-electron chi connectivity index (χ2n) is 8.38. The van der Waals surface area contributed by atoms with E-state index in [1.807, 2.05) is 12.1 Å². The molecule has 3 rings (SSSR count). The molecule has 33 heavy (non-hydrogen) atoms. The van der Waals surface area contributed by atoms with E-state index >= 15 is 0 Å². The fraction of sp³-hybridized carbons (Fsp3) is 0.500. The lowest BCUT2D eigenvalue weighted by molar-refractivity contribution is -0.119. The number of hydrogen-bond acceptors (Lipinski definition) is 5. The van der Waals surface area contributed by atoms with Crippen LogP contribution in [-0.2, 0) is 24.4 Å². The van der Waals surface area contributed by atoms with E-state index in [-0.39, 0.29) is 29.9 Å². The van der Waals surface area contributed by atoms with Gasteiger partial charge in [0.1, 0.15) is 5.76 Å². The van der Waals surface area contributed by atoms with Crippen LogP contribution in [0, 0.1) is 0 Å². The van der Waals surface area contributed by atoms with Gasteiger partial charge in [-0.15, -0.1) is 24.0 Å². The minimum Gasteiger partial charge on any atom is -0.468 e. The van der Waals surface area contributed by atoms with E-state index in [1.54, 1.807) is 6.26 Å². The van der Waals surface area contributed by atoms with Crippen LogP contribution in [0.15, 0.2) is 52.1 Å². The predicted octanol–water partition coefficient (Wildman–Crippen LogP) is 2.53. The molecule has 2 aromatic rings. The van der Waals surface area contributed by atoms with E-state index in [0.717, 1.165) is 57.3 Å². The number of nitrogens with zero attached hydrogens (tertiary/aromatic N) is 3. The molecule has 8 nitrogen and oxygen atoms in total. The van der Waals surface area contributed by atoms with Gasteiger partial charge in [-0.05, 0) is 50.1 Å². The van der Waals surface area contributed by atoms with Crippen LogP contribution in [0.1, 0.15) is 36.7 Å². The average molecular weight is 569 g/mol. The Bertz CT molecular complexity index is 866. The summed E-state index contributed by atoms with van der Waals surface area (Å²) in [7, 11) is 2.10. The molecule has 1 aromatic carbocycles. The van der Waals surface area contributed by atoms with E-state index in [9.17, 15) is 4.79 Å². The van der Waals surface area contributed by atoms with Gasteiger partial charge < -0.3 is 20.8 Å². The van der Waals surface area contributed by atoms with Gasteiger partial charge in [-0.3, -0.25) is 14.6 Å². The highest BCUT2D eigenvalue weighted by Gasteiger charge is 2.20. The Morgan fingerprint density at radius 3 is 2.55 bits per heavy atom. The summed E-state index contributed by atoms with van der Waals surface area (Å²) in [6, 6.07) is 12.7. The van der Waals surface area contributed by atoms with E-state index in [1.165, 1.54) is 11.1 Å². The summed E-state index contributed by atoms with van der Waals surface area (Å²) >= 11 is 0. The van der Waals surface area contributed by atoms with Gasteiger partial charge in [0.15, 0.2) is 5.96 Å². The van der Waals surface area contributed by atoms with Crippen LogP contribution in [0.5, 0.6) is 0 Å². The third-order valence-corrected chi connectivity index (χ3v) is 5.62. The molecule has 9 heteroatoms. The fourth-order valence-corrected chi connectivity index (χ4v) is 4.01. The Morgan fingerprint density at radius 1 is 1.18 bits per heavy atom. The molecule has 0 aliphatic carbocycles. The number of rotatable bonds is 10. The molecule has 0 radical (unpaired) electrons. The van der Waals surface area contributed by atoms with Crippen molar-refractivity contribution in [2.45, 2.75) is 45.4 Å². The molecule has 0 bridgehead atoms. The molecule has 0 atom stereocenters. The van der Waals surface area contributed by atoms with Crippen molar-refractivity contribution in [1.29, 1.82) is 0 Å². The van der Waals surface area contributed by atoms with Crippen molar-refractivity contribution in [2.75, 3.05) is 33.2 Å². The zero-order valence-corrected chi connectivity index (χ0v) is 22.0. The number of piperidine rings is 1. The van der Waals surface area contributed by atoms with Crippen molar-refractivity contribution in [3.63, 3.8) is 0 Å². The van der Waals surface area contributed by atoms with Gasteiger partial charge in [0.05, 0.1) is 25.9 Å². The molecule has 0 spiro atoms. The Balaban J connectivity index is 0.00000385. The molecular formula is C24H37IN6O2. The number of nitrogens with two attached hydrogens (primary N) is 1.